The fraction of sp³-hybridized carbons (Fsp3) is 0.158. The number of amides is 1. The summed E-state index contributed by atoms with van der Waals surface area (Å²) in [6.45, 7) is 0.362. The first-order chi connectivity index (χ1) is 13.7. The fourth-order valence-corrected chi connectivity index (χ4v) is 3.42. The van der Waals surface area contributed by atoms with Crippen LogP contribution in [0.15, 0.2) is 64.6 Å². The van der Waals surface area contributed by atoms with Crippen LogP contribution in [0.3, 0.4) is 0 Å². The Morgan fingerprint density at radius 2 is 2.11 bits per heavy atom. The SMILES string of the molecule is COc1ccc(-n2ncc3c(SCC(=O)NCc4ccco4)ncnc32)cc1. The molecule has 4 aromatic rings. The van der Waals surface area contributed by atoms with Crippen LogP contribution in [0.5, 0.6) is 5.75 Å². The number of thioether (sulfide) groups is 1. The predicted octanol–water partition coefficient (Wildman–Crippen LogP) is 2.83. The lowest BCUT2D eigenvalue weighted by molar-refractivity contribution is -0.118. The van der Waals surface area contributed by atoms with Gasteiger partial charge in [-0.25, -0.2) is 14.6 Å². The smallest absolute Gasteiger partial charge is 0.230 e. The number of hydrogen-bond donors (Lipinski definition) is 1. The number of carbonyl (C=O) groups is 1. The first-order valence-electron chi connectivity index (χ1n) is 8.49. The Bertz CT molecular complexity index is 1080. The number of carbonyl (C=O) groups excluding carboxylic acids is 1. The van der Waals surface area contributed by atoms with Gasteiger partial charge in [-0.2, -0.15) is 5.10 Å². The number of methoxy groups -OCH3 is 1. The van der Waals surface area contributed by atoms with Crippen molar-refractivity contribution in [1.82, 2.24) is 25.1 Å². The Kier molecular flexibility index (Phi) is 5.24. The molecule has 0 spiro atoms. The van der Waals surface area contributed by atoms with E-state index in [4.69, 9.17) is 9.15 Å². The quantitative estimate of drug-likeness (QED) is 0.380. The summed E-state index contributed by atoms with van der Waals surface area (Å²) in [5.74, 6) is 1.62. The van der Waals surface area contributed by atoms with E-state index < -0.39 is 0 Å². The number of benzene rings is 1. The monoisotopic (exact) mass is 395 g/mol. The van der Waals surface area contributed by atoms with E-state index in [9.17, 15) is 4.79 Å². The molecule has 0 aliphatic rings. The first kappa shape index (κ1) is 18.1. The molecule has 1 amide bonds. The van der Waals surface area contributed by atoms with Crippen molar-refractivity contribution >= 4 is 28.7 Å². The van der Waals surface area contributed by atoms with Gasteiger partial charge in [-0.3, -0.25) is 4.79 Å². The molecule has 3 heterocycles. The Morgan fingerprint density at radius 3 is 2.86 bits per heavy atom. The minimum atomic E-state index is -0.101. The Labute approximate surface area is 164 Å². The lowest BCUT2D eigenvalue weighted by atomic mass is 10.3. The number of nitrogens with one attached hydrogen (secondary N) is 1. The Balaban J connectivity index is 1.47. The molecule has 0 bridgehead atoms. The standard InChI is InChI=1S/C19H17N5O3S/c1-26-14-6-4-13(5-7-14)24-18-16(10-23-24)19(22-12-21-18)28-11-17(25)20-9-15-3-2-8-27-15/h2-8,10,12H,9,11H2,1H3,(H,20,25). The van der Waals surface area contributed by atoms with Crippen LogP contribution in [0.25, 0.3) is 16.7 Å². The summed E-state index contributed by atoms with van der Waals surface area (Å²) >= 11 is 1.34. The Morgan fingerprint density at radius 1 is 1.25 bits per heavy atom. The van der Waals surface area contributed by atoms with Gasteiger partial charge >= 0.3 is 0 Å². The molecule has 0 aliphatic heterocycles. The van der Waals surface area contributed by atoms with Gasteiger partial charge in [0.2, 0.25) is 5.91 Å². The summed E-state index contributed by atoms with van der Waals surface area (Å²) in [7, 11) is 1.62. The number of hydrogen-bond acceptors (Lipinski definition) is 7. The van der Waals surface area contributed by atoms with E-state index >= 15 is 0 Å². The topological polar surface area (TPSA) is 95.1 Å². The highest BCUT2D eigenvalue weighted by atomic mass is 32.2. The summed E-state index contributed by atoms with van der Waals surface area (Å²) in [6.07, 6.45) is 4.77. The molecule has 1 N–H and O–H groups in total. The van der Waals surface area contributed by atoms with Crippen molar-refractivity contribution in [2.45, 2.75) is 11.6 Å². The number of aromatic nitrogens is 4. The van der Waals surface area contributed by atoms with Crippen LogP contribution in [0.2, 0.25) is 0 Å². The van der Waals surface area contributed by atoms with Crippen molar-refractivity contribution in [3.63, 3.8) is 0 Å². The van der Waals surface area contributed by atoms with E-state index in [-0.39, 0.29) is 11.7 Å². The molecule has 0 saturated heterocycles. The summed E-state index contributed by atoms with van der Waals surface area (Å²) < 4.78 is 12.1. The second-order valence-electron chi connectivity index (χ2n) is 5.82. The van der Waals surface area contributed by atoms with E-state index in [0.717, 1.165) is 16.8 Å². The van der Waals surface area contributed by atoms with Gasteiger partial charge in [0, 0.05) is 0 Å². The van der Waals surface area contributed by atoms with Gasteiger partial charge in [0.25, 0.3) is 0 Å². The summed E-state index contributed by atoms with van der Waals surface area (Å²) in [5.41, 5.74) is 1.54. The molecule has 4 rings (SSSR count). The Hall–Kier alpha value is -3.33. The average molecular weight is 395 g/mol. The molecule has 3 aromatic heterocycles. The molecule has 0 unspecified atom stereocenters. The maximum atomic E-state index is 12.1. The summed E-state index contributed by atoms with van der Waals surface area (Å²) in [4.78, 5) is 20.7. The molecule has 9 heteroatoms. The van der Waals surface area contributed by atoms with Gasteiger partial charge in [0.15, 0.2) is 5.65 Å². The van der Waals surface area contributed by atoms with E-state index in [1.54, 1.807) is 30.3 Å². The number of rotatable bonds is 7. The second kappa shape index (κ2) is 8.13. The summed E-state index contributed by atoms with van der Waals surface area (Å²) in [6, 6.07) is 11.1. The van der Waals surface area contributed by atoms with Crippen LogP contribution < -0.4 is 10.1 Å². The minimum Gasteiger partial charge on any atom is -0.497 e. The van der Waals surface area contributed by atoms with E-state index in [2.05, 4.69) is 20.4 Å². The van der Waals surface area contributed by atoms with Crippen molar-refractivity contribution in [2.24, 2.45) is 0 Å². The molecule has 8 nitrogen and oxygen atoms in total. The number of furan rings is 1. The average Bonchev–Trinajstić information content (AvgIpc) is 3.41. The van der Waals surface area contributed by atoms with Crippen LogP contribution in [0.1, 0.15) is 5.76 Å². The fourth-order valence-electron chi connectivity index (χ4n) is 2.63. The van der Waals surface area contributed by atoms with Gasteiger partial charge in [-0.1, -0.05) is 11.8 Å². The van der Waals surface area contributed by atoms with Crippen LogP contribution in [-0.4, -0.2) is 38.5 Å². The van der Waals surface area contributed by atoms with Crippen molar-refractivity contribution in [3.8, 4) is 11.4 Å². The number of ether oxygens (including phenoxy) is 1. The normalized spacial score (nSPS) is 10.9. The van der Waals surface area contributed by atoms with Gasteiger partial charge < -0.3 is 14.5 Å². The van der Waals surface area contributed by atoms with E-state index in [1.165, 1.54) is 18.1 Å². The van der Waals surface area contributed by atoms with Gasteiger partial charge in [0.05, 0.1) is 42.9 Å². The molecule has 0 radical (unpaired) electrons. The van der Waals surface area contributed by atoms with Crippen molar-refractivity contribution in [1.29, 1.82) is 0 Å². The van der Waals surface area contributed by atoms with E-state index in [0.29, 0.717) is 23.0 Å². The number of fused-ring (bicyclic) bond motifs is 1. The highest BCUT2D eigenvalue weighted by molar-refractivity contribution is 8.00. The largest absolute Gasteiger partial charge is 0.497 e. The first-order valence-corrected chi connectivity index (χ1v) is 9.48. The minimum absolute atomic E-state index is 0.101. The highest BCUT2D eigenvalue weighted by Gasteiger charge is 2.13. The van der Waals surface area contributed by atoms with Crippen LogP contribution >= 0.6 is 11.8 Å². The molecule has 0 fully saturated rings. The lowest BCUT2D eigenvalue weighted by Gasteiger charge is -2.06. The van der Waals surface area contributed by atoms with Crippen molar-refractivity contribution in [2.75, 3.05) is 12.9 Å². The van der Waals surface area contributed by atoms with Crippen molar-refractivity contribution in [3.05, 3.63) is 60.9 Å². The lowest BCUT2D eigenvalue weighted by Crippen LogP contribution is -2.24. The molecule has 1 aromatic carbocycles. The van der Waals surface area contributed by atoms with Crippen LogP contribution in [0.4, 0.5) is 0 Å². The molecule has 0 aliphatic carbocycles. The van der Waals surface area contributed by atoms with Gasteiger partial charge in [-0.05, 0) is 36.4 Å². The molecule has 0 saturated carbocycles. The van der Waals surface area contributed by atoms with Crippen LogP contribution in [-0.2, 0) is 11.3 Å². The van der Waals surface area contributed by atoms with Gasteiger partial charge in [0.1, 0.15) is 22.9 Å². The van der Waals surface area contributed by atoms with E-state index in [1.807, 2.05) is 30.3 Å². The highest BCUT2D eigenvalue weighted by Crippen LogP contribution is 2.26. The summed E-state index contributed by atoms with van der Waals surface area (Å²) in [5, 5.41) is 8.74. The van der Waals surface area contributed by atoms with Crippen molar-refractivity contribution < 1.29 is 13.9 Å². The second-order valence-corrected chi connectivity index (χ2v) is 6.78. The predicted molar refractivity (Wildman–Crippen MR) is 104 cm³/mol. The zero-order valence-electron chi connectivity index (χ0n) is 15.0. The number of nitrogens with zero attached hydrogens (tertiary/aromatic N) is 4. The third kappa shape index (κ3) is 3.84. The third-order valence-electron chi connectivity index (χ3n) is 4.03. The zero-order valence-corrected chi connectivity index (χ0v) is 15.8. The van der Waals surface area contributed by atoms with Gasteiger partial charge in [-0.15, -0.1) is 0 Å². The molecule has 142 valence electrons. The molecule has 0 atom stereocenters. The molecular weight excluding hydrogens is 378 g/mol. The molecular formula is C19H17N5O3S. The van der Waals surface area contributed by atoms with Crippen LogP contribution in [0, 0.1) is 0 Å². The zero-order chi connectivity index (χ0) is 19.3. The maximum absolute atomic E-state index is 12.1. The third-order valence-corrected chi connectivity index (χ3v) is 5.03. The molecule has 28 heavy (non-hydrogen) atoms. The maximum Gasteiger partial charge on any atom is 0.230 e.